The fourth-order valence-corrected chi connectivity index (χ4v) is 1.63. The molecule has 0 aromatic carbocycles. The van der Waals surface area contributed by atoms with Crippen LogP contribution in [-0.2, 0) is 4.74 Å². The summed E-state index contributed by atoms with van der Waals surface area (Å²) in [7, 11) is 3.04. The second kappa shape index (κ2) is 6.53. The van der Waals surface area contributed by atoms with E-state index in [0.29, 0.717) is 0 Å². The molecule has 7 heteroatoms. The molecule has 1 amide bonds. The van der Waals surface area contributed by atoms with Gasteiger partial charge < -0.3 is 20.5 Å². The van der Waals surface area contributed by atoms with E-state index < -0.39 is 6.10 Å². The highest BCUT2D eigenvalue weighted by Crippen LogP contribution is 2.16. The van der Waals surface area contributed by atoms with Crippen molar-refractivity contribution < 1.29 is 14.6 Å². The first-order valence-corrected chi connectivity index (χ1v) is 5.67. The van der Waals surface area contributed by atoms with E-state index in [4.69, 9.17) is 22.1 Å². The zero-order chi connectivity index (χ0) is 13.7. The van der Waals surface area contributed by atoms with Crippen LogP contribution < -0.4 is 5.73 Å². The molecule has 0 spiro atoms. The molecular formula is C11H16ClN3O3. The van der Waals surface area contributed by atoms with Crippen LogP contribution in [0.2, 0.25) is 5.15 Å². The quantitative estimate of drug-likeness (QED) is 0.758. The number of anilines is 1. The van der Waals surface area contributed by atoms with Gasteiger partial charge in [0.05, 0.1) is 30.2 Å². The van der Waals surface area contributed by atoms with Gasteiger partial charge in [-0.3, -0.25) is 4.79 Å². The van der Waals surface area contributed by atoms with Crippen molar-refractivity contribution >= 4 is 23.2 Å². The average Bonchev–Trinajstić information content (AvgIpc) is 2.31. The number of nitrogen functional groups attached to an aromatic ring is 1. The molecule has 0 radical (unpaired) electrons. The number of ether oxygens (including phenoxy) is 1. The number of likely N-dealkylation sites (N-methyl/N-ethyl adjacent to an activating group) is 1. The van der Waals surface area contributed by atoms with E-state index in [0.717, 1.165) is 0 Å². The molecule has 0 saturated heterocycles. The highest BCUT2D eigenvalue weighted by molar-refractivity contribution is 6.29. The molecule has 1 aromatic heterocycles. The first-order valence-electron chi connectivity index (χ1n) is 5.29. The fourth-order valence-electron chi connectivity index (χ4n) is 1.48. The van der Waals surface area contributed by atoms with Gasteiger partial charge >= 0.3 is 0 Å². The highest BCUT2D eigenvalue weighted by Gasteiger charge is 2.18. The van der Waals surface area contributed by atoms with Crippen LogP contribution >= 0.6 is 11.6 Å². The summed E-state index contributed by atoms with van der Waals surface area (Å²) in [6, 6.07) is 1.40. The summed E-state index contributed by atoms with van der Waals surface area (Å²) in [5, 5.41) is 9.74. The molecule has 1 atom stereocenters. The summed E-state index contributed by atoms with van der Waals surface area (Å²) in [6.45, 7) is 0.302. The molecule has 6 nitrogen and oxygen atoms in total. The number of carbonyl (C=O) groups excluding carboxylic acids is 1. The van der Waals surface area contributed by atoms with Crippen LogP contribution in [0.15, 0.2) is 12.3 Å². The molecular weight excluding hydrogens is 258 g/mol. The Hall–Kier alpha value is -1.37. The Kier molecular flexibility index (Phi) is 5.33. The molecule has 1 unspecified atom stereocenters. The maximum Gasteiger partial charge on any atom is 0.255 e. The molecule has 100 valence electrons. The lowest BCUT2D eigenvalue weighted by molar-refractivity contribution is 0.0380. The molecule has 1 rings (SSSR count). The van der Waals surface area contributed by atoms with E-state index >= 15 is 0 Å². The second-order valence-corrected chi connectivity index (χ2v) is 4.28. The summed E-state index contributed by atoms with van der Waals surface area (Å²) in [5.74, 6) is -0.327. The maximum absolute atomic E-state index is 12.1. The molecule has 1 heterocycles. The largest absolute Gasteiger partial charge is 0.397 e. The lowest BCUT2D eigenvalue weighted by Gasteiger charge is -2.21. The van der Waals surface area contributed by atoms with Gasteiger partial charge in [-0.1, -0.05) is 11.6 Å². The van der Waals surface area contributed by atoms with Gasteiger partial charge in [0.15, 0.2) is 0 Å². The van der Waals surface area contributed by atoms with E-state index in [2.05, 4.69) is 4.98 Å². The summed E-state index contributed by atoms with van der Waals surface area (Å²) in [6.07, 6.45) is 0.581. The number of aliphatic hydroxyl groups is 1. The summed E-state index contributed by atoms with van der Waals surface area (Å²) in [4.78, 5) is 17.2. The number of nitrogens with zero attached hydrogens (tertiary/aromatic N) is 2. The third-order valence-electron chi connectivity index (χ3n) is 2.32. The van der Waals surface area contributed by atoms with Crippen LogP contribution in [0.1, 0.15) is 10.4 Å². The van der Waals surface area contributed by atoms with Crippen molar-refractivity contribution in [2.75, 3.05) is 33.0 Å². The van der Waals surface area contributed by atoms with Gasteiger partial charge in [-0.05, 0) is 6.07 Å². The lowest BCUT2D eigenvalue weighted by Crippen LogP contribution is -2.36. The number of amides is 1. The van der Waals surface area contributed by atoms with Crippen molar-refractivity contribution in [3.05, 3.63) is 23.0 Å². The Labute approximate surface area is 110 Å². The lowest BCUT2D eigenvalue weighted by atomic mass is 10.2. The minimum Gasteiger partial charge on any atom is -0.397 e. The Bertz CT molecular complexity index is 428. The van der Waals surface area contributed by atoms with E-state index in [-0.39, 0.29) is 35.5 Å². The van der Waals surface area contributed by atoms with Crippen LogP contribution in [0.4, 0.5) is 5.69 Å². The van der Waals surface area contributed by atoms with Crippen molar-refractivity contribution in [2.24, 2.45) is 0 Å². The van der Waals surface area contributed by atoms with Crippen molar-refractivity contribution in [3.63, 3.8) is 0 Å². The minimum atomic E-state index is -0.748. The van der Waals surface area contributed by atoms with Crippen LogP contribution in [0.25, 0.3) is 0 Å². The van der Waals surface area contributed by atoms with Crippen molar-refractivity contribution in [3.8, 4) is 0 Å². The molecule has 3 N–H and O–H groups in total. The maximum atomic E-state index is 12.1. The van der Waals surface area contributed by atoms with Gasteiger partial charge in [0.1, 0.15) is 5.15 Å². The number of pyridine rings is 1. The number of hydrogen-bond donors (Lipinski definition) is 2. The molecule has 0 aliphatic heterocycles. The van der Waals surface area contributed by atoms with Crippen molar-refractivity contribution in [2.45, 2.75) is 6.10 Å². The van der Waals surface area contributed by atoms with Gasteiger partial charge in [0, 0.05) is 20.7 Å². The van der Waals surface area contributed by atoms with Crippen LogP contribution in [0.3, 0.4) is 0 Å². The average molecular weight is 274 g/mol. The summed E-state index contributed by atoms with van der Waals surface area (Å²) < 4.78 is 4.79. The third kappa shape index (κ3) is 3.83. The fraction of sp³-hybridized carbons (Fsp3) is 0.455. The number of methoxy groups -OCH3 is 1. The molecule has 1 aromatic rings. The Morgan fingerprint density at radius 3 is 3.00 bits per heavy atom. The third-order valence-corrected chi connectivity index (χ3v) is 2.53. The Morgan fingerprint density at radius 2 is 2.39 bits per heavy atom. The van der Waals surface area contributed by atoms with Gasteiger partial charge in [0.25, 0.3) is 5.91 Å². The normalized spacial score (nSPS) is 12.2. The summed E-state index contributed by atoms with van der Waals surface area (Å²) >= 11 is 5.71. The molecule has 0 fully saturated rings. The van der Waals surface area contributed by atoms with Crippen LogP contribution in [-0.4, -0.2) is 54.3 Å². The highest BCUT2D eigenvalue weighted by atomic mass is 35.5. The Morgan fingerprint density at radius 1 is 1.72 bits per heavy atom. The monoisotopic (exact) mass is 273 g/mol. The molecule has 0 bridgehead atoms. The van der Waals surface area contributed by atoms with Crippen molar-refractivity contribution in [1.29, 1.82) is 0 Å². The number of rotatable bonds is 5. The number of nitrogens with two attached hydrogens (primary N) is 1. The van der Waals surface area contributed by atoms with E-state index in [1.807, 2.05) is 0 Å². The Balaban J connectivity index is 2.77. The van der Waals surface area contributed by atoms with Gasteiger partial charge in [-0.2, -0.15) is 0 Å². The van der Waals surface area contributed by atoms with Crippen molar-refractivity contribution in [1.82, 2.24) is 9.88 Å². The smallest absolute Gasteiger partial charge is 0.255 e. The van der Waals surface area contributed by atoms with Crippen LogP contribution in [0.5, 0.6) is 0 Å². The predicted molar refractivity (Wildman–Crippen MR) is 68.5 cm³/mol. The molecule has 0 aliphatic carbocycles. The molecule has 0 aliphatic rings. The minimum absolute atomic E-state index is 0.145. The number of aliphatic hydroxyl groups excluding tert-OH is 1. The second-order valence-electron chi connectivity index (χ2n) is 3.89. The number of aromatic nitrogens is 1. The van der Waals surface area contributed by atoms with Gasteiger partial charge in [0.2, 0.25) is 0 Å². The topological polar surface area (TPSA) is 88.7 Å². The SMILES string of the molecule is COCC(O)CN(C)C(=O)c1cc(Cl)ncc1N. The number of hydrogen-bond acceptors (Lipinski definition) is 5. The summed E-state index contributed by atoms with van der Waals surface area (Å²) in [5.41, 5.74) is 6.18. The first-order chi connectivity index (χ1) is 8.45. The first kappa shape index (κ1) is 14.7. The zero-order valence-electron chi connectivity index (χ0n) is 10.3. The van der Waals surface area contributed by atoms with E-state index in [1.165, 1.54) is 24.3 Å². The predicted octanol–water partition coefficient (Wildman–Crippen LogP) is 0.396. The number of halogens is 1. The standard InChI is InChI=1S/C11H16ClN3O3/c1-15(5-7(16)6-18-2)11(17)8-3-10(12)14-4-9(8)13/h3-4,7,16H,5-6,13H2,1-2H3. The number of carbonyl (C=O) groups is 1. The van der Waals surface area contributed by atoms with Gasteiger partial charge in [-0.25, -0.2) is 4.98 Å². The van der Waals surface area contributed by atoms with E-state index in [9.17, 15) is 9.90 Å². The molecule has 0 saturated carbocycles. The van der Waals surface area contributed by atoms with Crippen LogP contribution in [0, 0.1) is 0 Å². The zero-order valence-corrected chi connectivity index (χ0v) is 11.0. The molecule has 18 heavy (non-hydrogen) atoms. The van der Waals surface area contributed by atoms with Gasteiger partial charge in [-0.15, -0.1) is 0 Å². The van der Waals surface area contributed by atoms with E-state index in [1.54, 1.807) is 7.05 Å².